The molecule has 3 aromatic rings. The summed E-state index contributed by atoms with van der Waals surface area (Å²) in [6.45, 7) is 2.66. The zero-order valence-corrected chi connectivity index (χ0v) is 13.6. The zero-order chi connectivity index (χ0) is 16.5. The normalized spacial score (nSPS) is 15.0. The molecule has 1 aliphatic rings. The number of fused-ring (bicyclic) bond motifs is 1. The molecule has 0 bridgehead atoms. The lowest BCUT2D eigenvalue weighted by Gasteiger charge is -2.34. The van der Waals surface area contributed by atoms with Crippen molar-refractivity contribution in [3.63, 3.8) is 0 Å². The van der Waals surface area contributed by atoms with Crippen molar-refractivity contribution < 1.29 is 4.79 Å². The van der Waals surface area contributed by atoms with Crippen molar-refractivity contribution in [3.8, 4) is 0 Å². The average molecular weight is 341 g/mol. The first-order valence-corrected chi connectivity index (χ1v) is 8.43. The highest BCUT2D eigenvalue weighted by Crippen LogP contribution is 2.29. The Labute approximate surface area is 141 Å². The molecule has 0 unspecified atom stereocenters. The molecule has 0 radical (unpaired) electrons. The highest BCUT2D eigenvalue weighted by atomic mass is 32.1. The van der Waals surface area contributed by atoms with E-state index in [0.29, 0.717) is 13.1 Å². The number of anilines is 1. The predicted octanol–water partition coefficient (Wildman–Crippen LogP) is 1.34. The van der Waals surface area contributed by atoms with Crippen LogP contribution in [0, 0.1) is 0 Å². The van der Waals surface area contributed by atoms with Crippen LogP contribution >= 0.6 is 11.5 Å². The molecule has 1 fully saturated rings. The summed E-state index contributed by atoms with van der Waals surface area (Å²) in [4.78, 5) is 33.8. The molecule has 24 heavy (non-hydrogen) atoms. The minimum absolute atomic E-state index is 0.158. The topological polar surface area (TPSA) is 82.2 Å². The number of nitrogens with zero attached hydrogens (tertiary/aromatic N) is 4. The van der Waals surface area contributed by atoms with E-state index >= 15 is 0 Å². The molecule has 3 heterocycles. The van der Waals surface area contributed by atoms with Crippen molar-refractivity contribution in [2.45, 2.75) is 0 Å². The minimum atomic E-state index is -0.313. The van der Waals surface area contributed by atoms with E-state index in [2.05, 4.69) is 31.4 Å². The Morgan fingerprint density at radius 3 is 2.71 bits per heavy atom. The van der Waals surface area contributed by atoms with Gasteiger partial charge in [-0.2, -0.15) is 4.37 Å². The molecule has 8 heteroatoms. The Balaban J connectivity index is 1.47. The van der Waals surface area contributed by atoms with E-state index in [9.17, 15) is 9.59 Å². The summed E-state index contributed by atoms with van der Waals surface area (Å²) < 4.78 is 5.74. The second-order valence-corrected chi connectivity index (χ2v) is 6.38. The number of H-pyrrole nitrogens is 1. The summed E-state index contributed by atoms with van der Waals surface area (Å²) in [5.74, 6) is 0.832. The van der Waals surface area contributed by atoms with Crippen LogP contribution in [0.15, 0.2) is 41.5 Å². The van der Waals surface area contributed by atoms with E-state index in [1.54, 1.807) is 4.90 Å². The maximum absolute atomic E-state index is 12.4. The molecule has 0 spiro atoms. The maximum Gasteiger partial charge on any atom is 0.274 e. The minimum Gasteiger partial charge on any atom is -0.352 e. The van der Waals surface area contributed by atoms with Gasteiger partial charge in [-0.1, -0.05) is 12.1 Å². The van der Waals surface area contributed by atoms with Gasteiger partial charge in [0.15, 0.2) is 0 Å². The van der Waals surface area contributed by atoms with Crippen molar-refractivity contribution in [1.82, 2.24) is 19.2 Å². The Morgan fingerprint density at radius 1 is 1.17 bits per heavy atom. The lowest BCUT2D eigenvalue weighted by atomic mass is 10.2. The fourth-order valence-corrected chi connectivity index (χ4v) is 3.64. The third-order valence-corrected chi connectivity index (χ3v) is 4.93. The van der Waals surface area contributed by atoms with Gasteiger partial charge < -0.3 is 14.8 Å². The summed E-state index contributed by atoms with van der Waals surface area (Å²) in [6, 6.07) is 8.17. The summed E-state index contributed by atoms with van der Waals surface area (Å²) in [6.07, 6.45) is 2.50. The van der Waals surface area contributed by atoms with Crippen LogP contribution in [0.5, 0.6) is 0 Å². The smallest absolute Gasteiger partial charge is 0.274 e. The van der Waals surface area contributed by atoms with Crippen molar-refractivity contribution in [1.29, 1.82) is 0 Å². The highest BCUT2D eigenvalue weighted by molar-refractivity contribution is 7.13. The van der Waals surface area contributed by atoms with Gasteiger partial charge in [0.25, 0.3) is 11.5 Å². The molecular formula is C16H15N5O2S. The number of carbonyl (C=O) groups excluding carboxylic acids is 1. The largest absolute Gasteiger partial charge is 0.352 e. The highest BCUT2D eigenvalue weighted by Gasteiger charge is 2.25. The number of rotatable bonds is 2. The molecule has 1 N–H and O–H groups in total. The van der Waals surface area contributed by atoms with Gasteiger partial charge >= 0.3 is 0 Å². The van der Waals surface area contributed by atoms with Gasteiger partial charge in [0.05, 0.1) is 10.9 Å². The summed E-state index contributed by atoms with van der Waals surface area (Å²) in [7, 11) is 0. The Bertz CT molecular complexity index is 922. The van der Waals surface area contributed by atoms with Crippen LogP contribution in [0.2, 0.25) is 0 Å². The molecule has 1 saturated heterocycles. The van der Waals surface area contributed by atoms with Crippen LogP contribution in [0.3, 0.4) is 0 Å². The molecule has 0 aliphatic carbocycles. The second-order valence-electron chi connectivity index (χ2n) is 5.58. The van der Waals surface area contributed by atoms with Gasteiger partial charge in [-0.05, 0) is 23.7 Å². The van der Waals surface area contributed by atoms with E-state index in [1.807, 2.05) is 12.1 Å². The Hall–Kier alpha value is -2.74. The number of benzene rings is 1. The molecule has 1 amide bonds. The van der Waals surface area contributed by atoms with Crippen LogP contribution < -0.4 is 10.5 Å². The van der Waals surface area contributed by atoms with Gasteiger partial charge in [-0.25, -0.2) is 4.98 Å². The van der Waals surface area contributed by atoms with Crippen LogP contribution in [-0.2, 0) is 0 Å². The second kappa shape index (κ2) is 6.04. The fraction of sp³-hybridized carbons (Fsp3) is 0.250. The predicted molar refractivity (Wildman–Crippen MR) is 92.6 cm³/mol. The van der Waals surface area contributed by atoms with Gasteiger partial charge in [-0.3, -0.25) is 9.59 Å². The van der Waals surface area contributed by atoms with E-state index in [-0.39, 0.29) is 17.2 Å². The van der Waals surface area contributed by atoms with E-state index < -0.39 is 0 Å². The van der Waals surface area contributed by atoms with Crippen LogP contribution in [0.25, 0.3) is 10.1 Å². The molecule has 1 aromatic carbocycles. The van der Waals surface area contributed by atoms with Crippen LogP contribution in [0.1, 0.15) is 10.5 Å². The number of amides is 1. The Morgan fingerprint density at radius 2 is 1.96 bits per heavy atom. The molecule has 4 rings (SSSR count). The average Bonchev–Trinajstić information content (AvgIpc) is 3.06. The number of piperazine rings is 1. The van der Waals surface area contributed by atoms with Gasteiger partial charge in [0, 0.05) is 37.8 Å². The van der Waals surface area contributed by atoms with E-state index in [4.69, 9.17) is 0 Å². The molecule has 0 saturated carbocycles. The first-order chi connectivity index (χ1) is 11.7. The molecule has 2 aromatic heterocycles. The third-order valence-electron chi connectivity index (χ3n) is 4.12. The Kier molecular flexibility index (Phi) is 3.73. The van der Waals surface area contributed by atoms with Gasteiger partial charge in [0.2, 0.25) is 0 Å². The first-order valence-electron chi connectivity index (χ1n) is 7.66. The number of aromatic nitrogens is 3. The van der Waals surface area contributed by atoms with Gasteiger partial charge in [-0.15, -0.1) is 0 Å². The molecule has 0 atom stereocenters. The van der Waals surface area contributed by atoms with E-state index in [0.717, 1.165) is 30.5 Å². The number of carbonyl (C=O) groups is 1. The number of hydrogen-bond donors (Lipinski definition) is 1. The monoisotopic (exact) mass is 341 g/mol. The van der Waals surface area contributed by atoms with E-state index in [1.165, 1.54) is 22.4 Å². The quantitative estimate of drug-likeness (QED) is 0.761. The third kappa shape index (κ3) is 2.65. The molecule has 7 nitrogen and oxygen atoms in total. The molecular weight excluding hydrogens is 326 g/mol. The summed E-state index contributed by atoms with van der Waals surface area (Å²) in [5.41, 5.74) is -0.0473. The first kappa shape index (κ1) is 14.8. The number of aromatic amines is 1. The number of nitrogens with one attached hydrogen (secondary N) is 1. The van der Waals surface area contributed by atoms with Crippen LogP contribution in [0.4, 0.5) is 5.82 Å². The van der Waals surface area contributed by atoms with Crippen molar-refractivity contribution in [2.24, 2.45) is 0 Å². The zero-order valence-electron chi connectivity index (χ0n) is 12.8. The fourth-order valence-electron chi connectivity index (χ4n) is 2.84. The summed E-state index contributed by atoms with van der Waals surface area (Å²) in [5, 5.41) is 1.16. The lowest BCUT2D eigenvalue weighted by molar-refractivity contribution is 0.0740. The number of hydrogen-bond acceptors (Lipinski definition) is 6. The molecule has 122 valence electrons. The van der Waals surface area contributed by atoms with Crippen molar-refractivity contribution in [3.05, 3.63) is 52.7 Å². The van der Waals surface area contributed by atoms with Gasteiger partial charge in [0.1, 0.15) is 11.5 Å². The summed E-state index contributed by atoms with van der Waals surface area (Å²) >= 11 is 1.50. The van der Waals surface area contributed by atoms with Crippen molar-refractivity contribution >= 4 is 33.3 Å². The SMILES string of the molecule is O=C(c1c[nH]c(=O)cn1)N1CCN(c2nsc3ccccc23)CC1. The maximum atomic E-state index is 12.4. The molecule has 1 aliphatic heterocycles. The lowest BCUT2D eigenvalue weighted by Crippen LogP contribution is -2.49. The van der Waals surface area contributed by atoms with Crippen LogP contribution in [-0.4, -0.2) is 51.3 Å². The standard InChI is InChI=1S/C16H15N5O2S/c22-14-10-17-12(9-18-14)16(23)21-7-5-20(6-8-21)15-11-3-1-2-4-13(11)24-19-15/h1-4,9-10H,5-8H2,(H,18,22). The van der Waals surface area contributed by atoms with Crippen molar-refractivity contribution in [2.75, 3.05) is 31.1 Å².